The lowest BCUT2D eigenvalue weighted by Gasteiger charge is -2.15. The molecule has 7 N–H and O–H groups in total. The van der Waals surface area contributed by atoms with Gasteiger partial charge in [0.2, 0.25) is 11.8 Å². The first-order valence-corrected chi connectivity index (χ1v) is 19.1. The molecule has 0 saturated carbocycles. The van der Waals surface area contributed by atoms with E-state index in [1.165, 1.54) is 57.7 Å². The highest BCUT2D eigenvalue weighted by Gasteiger charge is 2.24. The highest BCUT2D eigenvalue weighted by atomic mass is 16.5. The smallest absolute Gasteiger partial charge is 0.306 e. The van der Waals surface area contributed by atoms with Crippen molar-refractivity contribution in [3.63, 3.8) is 0 Å². The summed E-state index contributed by atoms with van der Waals surface area (Å²) in [5, 5.41) is 23.7. The van der Waals surface area contributed by atoms with Crippen molar-refractivity contribution in [3.8, 4) is 0 Å². The molecule has 0 bridgehead atoms. The van der Waals surface area contributed by atoms with E-state index in [4.69, 9.17) is 20.3 Å². The Labute approximate surface area is 305 Å². The molecule has 0 radical (unpaired) electrons. The van der Waals surface area contributed by atoms with Crippen LogP contribution in [-0.2, 0) is 39.9 Å². The molecule has 14 heteroatoms. The number of carbonyl (C=O) groups is 5. The van der Waals surface area contributed by atoms with Crippen molar-refractivity contribution in [2.75, 3.05) is 39.5 Å². The number of carbonyl (C=O) groups excluding carboxylic acids is 3. The van der Waals surface area contributed by atoms with Crippen LogP contribution in [0.2, 0.25) is 0 Å². The summed E-state index contributed by atoms with van der Waals surface area (Å²) in [6, 6.07) is -0.793. The molecule has 294 valence electrons. The molecule has 0 aromatic carbocycles. The number of nitrogens with two attached hydrogens (primary N) is 1. The van der Waals surface area contributed by atoms with Crippen LogP contribution in [0.25, 0.3) is 0 Å². The fourth-order valence-corrected chi connectivity index (χ4v) is 5.67. The minimum atomic E-state index is -1.04. The van der Waals surface area contributed by atoms with Crippen LogP contribution in [0, 0.1) is 5.92 Å². The van der Waals surface area contributed by atoms with Crippen molar-refractivity contribution >= 4 is 29.5 Å². The highest BCUT2D eigenvalue weighted by molar-refractivity contribution is 5.87. The maximum absolute atomic E-state index is 12.4. The van der Waals surface area contributed by atoms with Crippen LogP contribution in [0.4, 0.5) is 0 Å². The molecule has 0 unspecified atom stereocenters. The van der Waals surface area contributed by atoms with Crippen LogP contribution >= 0.6 is 0 Å². The standard InChI is InChI=1S/C37H65N5O9.H2/c38-32(26-31-27-39-29-42-31)33(43)25-30(37(48)49)17-15-16-20-40-35(45)28-51-24-23-50-22-21-41-34(44)18-13-11-9-7-5-3-1-2-4-6-8-10-12-14-19-36(46)47;/h27,29-30,32H,1-26,28,38H2,(H,39,42)(H,40,45)(H,41,44)(H,46,47)(H,48,49);1H/t30-,32+;/m1./s1. The molecule has 2 atom stereocenters. The van der Waals surface area contributed by atoms with Gasteiger partial charge in [0, 0.05) is 52.1 Å². The Hall–Kier alpha value is -3.36. The van der Waals surface area contributed by atoms with E-state index < -0.39 is 23.9 Å². The van der Waals surface area contributed by atoms with Crippen molar-refractivity contribution in [2.24, 2.45) is 11.7 Å². The molecule has 0 aliphatic carbocycles. The molecule has 1 aromatic heterocycles. The van der Waals surface area contributed by atoms with Crippen LogP contribution in [0.15, 0.2) is 12.5 Å². The van der Waals surface area contributed by atoms with Crippen LogP contribution in [0.3, 0.4) is 0 Å². The van der Waals surface area contributed by atoms with Crippen molar-refractivity contribution in [3.05, 3.63) is 18.2 Å². The van der Waals surface area contributed by atoms with Gasteiger partial charge in [-0.25, -0.2) is 4.98 Å². The zero-order valence-electron chi connectivity index (χ0n) is 30.7. The lowest BCUT2D eigenvalue weighted by atomic mass is 9.92. The van der Waals surface area contributed by atoms with Gasteiger partial charge in [0.1, 0.15) is 6.61 Å². The monoisotopic (exact) mass is 725 g/mol. The maximum atomic E-state index is 12.4. The zero-order chi connectivity index (χ0) is 37.4. The first kappa shape index (κ1) is 45.7. The number of aromatic amines is 1. The normalized spacial score (nSPS) is 12.3. The molecule has 51 heavy (non-hydrogen) atoms. The third-order valence-corrected chi connectivity index (χ3v) is 8.72. The summed E-state index contributed by atoms with van der Waals surface area (Å²) < 4.78 is 10.8. The minimum Gasteiger partial charge on any atom is -0.481 e. The van der Waals surface area contributed by atoms with E-state index in [2.05, 4.69) is 20.6 Å². The number of rotatable bonds is 36. The summed E-state index contributed by atoms with van der Waals surface area (Å²) in [4.78, 5) is 65.2. The molecule has 14 nitrogen and oxygen atoms in total. The number of ether oxygens (including phenoxy) is 2. The minimum absolute atomic E-state index is 0. The van der Waals surface area contributed by atoms with Crippen LogP contribution in [0.1, 0.15) is 136 Å². The molecule has 0 fully saturated rings. The van der Waals surface area contributed by atoms with E-state index in [1.807, 2.05) is 0 Å². The van der Waals surface area contributed by atoms with Gasteiger partial charge in [-0.2, -0.15) is 0 Å². The molecular weight excluding hydrogens is 658 g/mol. The number of H-pyrrole nitrogens is 1. The average molecular weight is 726 g/mol. The molecule has 0 aliphatic rings. The van der Waals surface area contributed by atoms with Gasteiger partial charge >= 0.3 is 11.9 Å². The summed E-state index contributed by atoms with van der Waals surface area (Å²) >= 11 is 0. The number of unbranched alkanes of at least 4 members (excludes halogenated alkanes) is 14. The number of nitrogens with zero attached hydrogens (tertiary/aromatic N) is 1. The van der Waals surface area contributed by atoms with Gasteiger partial charge in [0.05, 0.1) is 38.1 Å². The van der Waals surface area contributed by atoms with Crippen LogP contribution < -0.4 is 16.4 Å². The molecular formula is C37H67N5O9. The van der Waals surface area contributed by atoms with Gasteiger partial charge in [-0.15, -0.1) is 0 Å². The second-order valence-electron chi connectivity index (χ2n) is 13.3. The Kier molecular flexibility index (Phi) is 28.1. The third-order valence-electron chi connectivity index (χ3n) is 8.72. The maximum Gasteiger partial charge on any atom is 0.306 e. The van der Waals surface area contributed by atoms with E-state index in [-0.39, 0.29) is 45.1 Å². The predicted octanol–water partition coefficient (Wildman–Crippen LogP) is 4.95. The number of hydrogen-bond acceptors (Lipinski definition) is 9. The van der Waals surface area contributed by atoms with Gasteiger partial charge in [0.15, 0.2) is 5.78 Å². The second-order valence-corrected chi connectivity index (χ2v) is 13.3. The topological polar surface area (TPSA) is 223 Å². The number of carboxylic acid groups (broad SMARTS) is 2. The fourth-order valence-electron chi connectivity index (χ4n) is 5.67. The van der Waals surface area contributed by atoms with Crippen LogP contribution in [-0.4, -0.2) is 95.3 Å². The molecule has 1 rings (SSSR count). The quantitative estimate of drug-likeness (QED) is 0.0508. The number of hydrogen-bond donors (Lipinski definition) is 6. The number of carboxylic acids is 2. The van der Waals surface area contributed by atoms with E-state index >= 15 is 0 Å². The third kappa shape index (κ3) is 28.0. The Bertz CT molecular complexity index is 1080. The number of aliphatic carboxylic acids is 2. The van der Waals surface area contributed by atoms with E-state index in [0.29, 0.717) is 58.4 Å². The van der Waals surface area contributed by atoms with Gasteiger partial charge in [-0.3, -0.25) is 24.0 Å². The van der Waals surface area contributed by atoms with Crippen LogP contribution in [0.5, 0.6) is 0 Å². The summed E-state index contributed by atoms with van der Waals surface area (Å²) in [7, 11) is 0. The second kappa shape index (κ2) is 31.4. The Morgan fingerprint density at radius 3 is 1.86 bits per heavy atom. The number of aromatic nitrogens is 2. The first-order chi connectivity index (χ1) is 24.7. The fraction of sp³-hybridized carbons (Fsp3) is 0.784. The Morgan fingerprint density at radius 2 is 1.29 bits per heavy atom. The number of nitrogens with one attached hydrogen (secondary N) is 3. The van der Waals surface area contributed by atoms with Crippen molar-refractivity contribution in [1.29, 1.82) is 0 Å². The summed E-state index contributed by atoms with van der Waals surface area (Å²) in [5.74, 6) is -3.10. The Morgan fingerprint density at radius 1 is 0.725 bits per heavy atom. The lowest BCUT2D eigenvalue weighted by molar-refractivity contribution is -0.144. The van der Waals surface area contributed by atoms with Crippen molar-refractivity contribution in [1.82, 2.24) is 20.6 Å². The molecule has 0 aliphatic heterocycles. The van der Waals surface area contributed by atoms with Crippen molar-refractivity contribution in [2.45, 2.75) is 141 Å². The molecule has 0 spiro atoms. The number of ketones is 1. The summed E-state index contributed by atoms with van der Waals surface area (Å²) in [6.07, 6.45) is 21.6. The Balaban J connectivity index is 0.0000260. The molecule has 0 saturated heterocycles. The molecule has 1 aromatic rings. The number of imidazole rings is 1. The summed E-state index contributed by atoms with van der Waals surface area (Å²) in [5.41, 5.74) is 6.65. The average Bonchev–Trinajstić information content (AvgIpc) is 3.61. The molecule has 2 amide bonds. The van der Waals surface area contributed by atoms with Gasteiger partial charge in [-0.05, 0) is 25.7 Å². The predicted molar refractivity (Wildman–Crippen MR) is 196 cm³/mol. The number of amides is 2. The summed E-state index contributed by atoms with van der Waals surface area (Å²) in [6.45, 7) is 1.61. The van der Waals surface area contributed by atoms with E-state index in [9.17, 15) is 29.1 Å². The van der Waals surface area contributed by atoms with Gasteiger partial charge in [-0.1, -0.05) is 83.5 Å². The first-order valence-electron chi connectivity index (χ1n) is 19.1. The van der Waals surface area contributed by atoms with E-state index in [1.54, 1.807) is 6.20 Å². The van der Waals surface area contributed by atoms with E-state index in [0.717, 1.165) is 44.2 Å². The van der Waals surface area contributed by atoms with Crippen molar-refractivity contribution < 1.29 is 45.1 Å². The zero-order valence-corrected chi connectivity index (χ0v) is 30.7. The SMILES string of the molecule is N[C@@H](Cc1cnc[nH]1)C(=O)C[C@@H](CCCCNC(=O)COCCOCCNC(=O)CCCCCCCCCCCCCCCCC(=O)O)C(=O)O.[HH]. The highest BCUT2D eigenvalue weighted by Crippen LogP contribution is 2.16. The number of Topliss-reactive ketones (excluding diaryl/α,β-unsaturated/α-hetero) is 1. The van der Waals surface area contributed by atoms with Gasteiger partial charge in [0.25, 0.3) is 0 Å². The largest absolute Gasteiger partial charge is 0.481 e. The lowest BCUT2D eigenvalue weighted by Crippen LogP contribution is -2.35. The van der Waals surface area contributed by atoms with Gasteiger partial charge < -0.3 is 41.0 Å². The molecule has 1 heterocycles.